The Bertz CT molecular complexity index is 1000. The van der Waals surface area contributed by atoms with E-state index in [9.17, 15) is 18.4 Å². The van der Waals surface area contributed by atoms with Crippen molar-refractivity contribution in [1.29, 1.82) is 0 Å². The van der Waals surface area contributed by atoms with Gasteiger partial charge in [0.15, 0.2) is 0 Å². The molecule has 2 unspecified atom stereocenters. The summed E-state index contributed by atoms with van der Waals surface area (Å²) in [7, 11) is 2.17. The van der Waals surface area contributed by atoms with Crippen molar-refractivity contribution in [3.63, 3.8) is 0 Å². The van der Waals surface area contributed by atoms with E-state index in [-0.39, 0.29) is 12.4 Å². The summed E-state index contributed by atoms with van der Waals surface area (Å²) in [6.07, 6.45) is 2.76. The molecule has 2 saturated heterocycles. The lowest BCUT2D eigenvalue weighted by molar-refractivity contribution is -0.107. The highest BCUT2D eigenvalue weighted by Gasteiger charge is 2.42. The number of carbonyl (C=O) groups excluding carboxylic acids is 2. The maximum absolute atomic E-state index is 12.5. The second kappa shape index (κ2) is 11.3. The summed E-state index contributed by atoms with van der Waals surface area (Å²) in [4.78, 5) is 27.9. The predicted octanol–water partition coefficient (Wildman–Crippen LogP) is 3.94. The van der Waals surface area contributed by atoms with Crippen LogP contribution in [0.2, 0.25) is 0 Å². The minimum atomic E-state index is -2.87. The van der Waals surface area contributed by atoms with E-state index in [4.69, 9.17) is 4.74 Å². The Balaban J connectivity index is 0.000000252. The summed E-state index contributed by atoms with van der Waals surface area (Å²) in [6, 6.07) is 8.70. The van der Waals surface area contributed by atoms with Crippen molar-refractivity contribution in [3.05, 3.63) is 30.5 Å². The number of hydrogen-bond donors (Lipinski definition) is 1. The zero-order valence-electron chi connectivity index (χ0n) is 19.7. The van der Waals surface area contributed by atoms with Gasteiger partial charge in [0, 0.05) is 47.0 Å². The molecule has 8 nitrogen and oxygen atoms in total. The molecule has 1 amide bonds. The molecule has 2 atom stereocenters. The van der Waals surface area contributed by atoms with E-state index in [2.05, 4.69) is 31.3 Å². The van der Waals surface area contributed by atoms with Crippen molar-refractivity contribution in [3.8, 4) is 5.88 Å². The molecule has 186 valence electrons. The van der Waals surface area contributed by atoms with Crippen LogP contribution >= 0.6 is 11.9 Å². The van der Waals surface area contributed by atoms with Gasteiger partial charge in [0.2, 0.25) is 5.88 Å². The van der Waals surface area contributed by atoms with Crippen LogP contribution in [0.4, 0.5) is 13.6 Å². The number of hydrogen-bond acceptors (Lipinski definition) is 8. The summed E-state index contributed by atoms with van der Waals surface area (Å²) < 4.78 is 36.9. The number of alkyl halides is 2. The van der Waals surface area contributed by atoms with E-state index in [1.54, 1.807) is 38.8 Å². The first kappa shape index (κ1) is 26.1. The number of likely N-dealkylation sites (tertiary alicyclic amines) is 1. The predicted molar refractivity (Wildman–Crippen MR) is 126 cm³/mol. The van der Waals surface area contributed by atoms with Gasteiger partial charge < -0.3 is 24.5 Å². The topological polar surface area (TPSA) is 84.0 Å². The first-order chi connectivity index (χ1) is 16.1. The number of benzene rings is 1. The van der Waals surface area contributed by atoms with Gasteiger partial charge >= 0.3 is 12.7 Å². The molecule has 0 aliphatic carbocycles. The third kappa shape index (κ3) is 7.00. The lowest BCUT2D eigenvalue weighted by Gasteiger charge is -2.31. The minimum absolute atomic E-state index is 0.00505. The van der Waals surface area contributed by atoms with Crippen LogP contribution in [0.5, 0.6) is 5.88 Å². The number of aromatic nitrogens is 1. The van der Waals surface area contributed by atoms with Gasteiger partial charge in [0.05, 0.1) is 6.54 Å². The Hall–Kier alpha value is -2.50. The molecule has 0 saturated carbocycles. The summed E-state index contributed by atoms with van der Waals surface area (Å²) in [6.45, 7) is 4.52. The molecule has 1 aromatic carbocycles. The van der Waals surface area contributed by atoms with Crippen LogP contribution in [0.3, 0.4) is 0 Å². The zero-order chi connectivity index (χ0) is 24.9. The van der Waals surface area contributed by atoms with Gasteiger partial charge in [-0.2, -0.15) is 8.78 Å². The van der Waals surface area contributed by atoms with Gasteiger partial charge in [-0.1, -0.05) is 6.07 Å². The normalized spacial score (nSPS) is 20.2. The minimum Gasteiger partial charge on any atom is -0.444 e. The molecule has 4 rings (SSSR count). The summed E-state index contributed by atoms with van der Waals surface area (Å²) in [5, 5.41) is 3.79. The average Bonchev–Trinajstić information content (AvgIpc) is 3.31. The van der Waals surface area contributed by atoms with Crippen molar-refractivity contribution >= 4 is 35.1 Å². The number of alkyl carbamates (subject to hydrolysis) is 1. The van der Waals surface area contributed by atoms with Crippen LogP contribution in [0.1, 0.15) is 27.2 Å². The number of aldehydes is 1. The Kier molecular flexibility index (Phi) is 8.67. The Morgan fingerprint density at radius 1 is 1.26 bits per heavy atom. The van der Waals surface area contributed by atoms with Gasteiger partial charge in [-0.25, -0.2) is 14.1 Å². The monoisotopic (exact) mass is 496 g/mol. The lowest BCUT2D eigenvalue weighted by atomic mass is 10.2. The maximum Gasteiger partial charge on any atom is 0.408 e. The number of fused-ring (bicyclic) bond motifs is 3. The second-order valence-corrected chi connectivity index (χ2v) is 10.2. The molecule has 2 aromatic rings. The number of halogens is 2. The van der Waals surface area contributed by atoms with Crippen molar-refractivity contribution in [1.82, 2.24) is 19.5 Å². The van der Waals surface area contributed by atoms with Crippen LogP contribution in [0, 0.1) is 0 Å². The molecule has 11 heteroatoms. The van der Waals surface area contributed by atoms with Gasteiger partial charge in [0.1, 0.15) is 11.9 Å². The molecule has 34 heavy (non-hydrogen) atoms. The van der Waals surface area contributed by atoms with Crippen LogP contribution in [-0.2, 0) is 9.53 Å². The number of carbonyl (C=O) groups is 2. The van der Waals surface area contributed by atoms with E-state index in [1.165, 1.54) is 12.6 Å². The number of piperazine rings is 1. The van der Waals surface area contributed by atoms with Crippen molar-refractivity contribution in [2.45, 2.75) is 56.4 Å². The van der Waals surface area contributed by atoms with Crippen LogP contribution in [-0.4, -0.2) is 77.5 Å². The highest BCUT2D eigenvalue weighted by Crippen LogP contribution is 2.40. The van der Waals surface area contributed by atoms with E-state index in [1.807, 2.05) is 18.2 Å². The maximum atomic E-state index is 12.5. The molecule has 2 aliphatic rings. The number of ether oxygens (including phenoxy) is 2. The van der Waals surface area contributed by atoms with Gasteiger partial charge in [-0.05, 0) is 64.4 Å². The Morgan fingerprint density at radius 2 is 2.03 bits per heavy atom. The summed E-state index contributed by atoms with van der Waals surface area (Å²) in [5.74, 6) is -0.0115. The summed E-state index contributed by atoms with van der Waals surface area (Å²) >= 11 is 1.71. The van der Waals surface area contributed by atoms with Gasteiger partial charge in [-0.3, -0.25) is 0 Å². The van der Waals surface area contributed by atoms with Crippen LogP contribution in [0.15, 0.2) is 35.4 Å². The number of nitrogens with one attached hydrogen (secondary N) is 1. The molecule has 0 radical (unpaired) electrons. The van der Waals surface area contributed by atoms with Crippen LogP contribution in [0.25, 0.3) is 10.8 Å². The second-order valence-electron chi connectivity index (χ2n) is 9.07. The number of rotatable bonds is 6. The van der Waals surface area contributed by atoms with E-state index in [0.29, 0.717) is 23.8 Å². The smallest absolute Gasteiger partial charge is 0.408 e. The van der Waals surface area contributed by atoms with Gasteiger partial charge in [0.25, 0.3) is 0 Å². The molecule has 2 aliphatic heterocycles. The Labute approximate surface area is 202 Å². The highest BCUT2D eigenvalue weighted by atomic mass is 32.2. The molecule has 1 N–H and O–H groups in total. The molecular weight excluding hydrogens is 466 g/mol. The third-order valence-electron chi connectivity index (χ3n) is 5.34. The van der Waals surface area contributed by atoms with E-state index < -0.39 is 18.3 Å². The number of amides is 1. The first-order valence-electron chi connectivity index (χ1n) is 10.9. The fourth-order valence-electron chi connectivity index (χ4n) is 3.92. The molecule has 3 heterocycles. The van der Waals surface area contributed by atoms with Crippen molar-refractivity contribution in [2.75, 3.05) is 26.7 Å². The molecular formula is C23H30F2N4O4S. The van der Waals surface area contributed by atoms with E-state index >= 15 is 0 Å². The van der Waals surface area contributed by atoms with Crippen molar-refractivity contribution in [2.24, 2.45) is 0 Å². The first-order valence-corrected chi connectivity index (χ1v) is 11.7. The third-order valence-corrected chi connectivity index (χ3v) is 6.57. The fourth-order valence-corrected chi connectivity index (χ4v) is 5.13. The SMILES string of the molecule is CC(C)(C)OC(=O)NCC=O.CN1CC2CC1CN2Sc1cccc2c(OC(F)F)nccc12. The number of likely N-dealkylation sites (N-methyl/N-ethyl adjacent to an activating group) is 1. The largest absolute Gasteiger partial charge is 0.444 e. The highest BCUT2D eigenvalue weighted by molar-refractivity contribution is 7.97. The zero-order valence-corrected chi connectivity index (χ0v) is 20.5. The Morgan fingerprint density at radius 3 is 2.62 bits per heavy atom. The quantitative estimate of drug-likeness (QED) is 0.476. The fraction of sp³-hybridized carbons (Fsp3) is 0.522. The standard InChI is InChI=1S/C16H17F2N3OS.C7H13NO3/c1-20-8-11-7-10(20)9-21(11)23-14-4-2-3-13-12(14)5-6-19-15(13)22-16(17)18;1-7(2,3)11-6(10)8-4-5-9/h2-6,10-11,16H,7-9H2,1H3;5H,4H2,1-3H3,(H,8,10). The molecule has 2 bridgehead atoms. The number of pyridine rings is 1. The molecule has 2 fully saturated rings. The summed E-state index contributed by atoms with van der Waals surface area (Å²) in [5.41, 5.74) is -0.507. The average molecular weight is 497 g/mol. The molecule has 1 aromatic heterocycles. The van der Waals surface area contributed by atoms with Gasteiger partial charge in [-0.15, -0.1) is 0 Å². The molecule has 0 spiro atoms. The lowest BCUT2D eigenvalue weighted by Crippen LogP contribution is -2.41. The van der Waals surface area contributed by atoms with E-state index in [0.717, 1.165) is 23.4 Å². The van der Waals surface area contributed by atoms with Crippen LogP contribution < -0.4 is 10.1 Å². The number of nitrogens with zero attached hydrogens (tertiary/aromatic N) is 3. The van der Waals surface area contributed by atoms with Crippen molar-refractivity contribution < 1.29 is 27.8 Å².